The van der Waals surface area contributed by atoms with Crippen molar-refractivity contribution in [1.82, 2.24) is 0 Å². The van der Waals surface area contributed by atoms with E-state index in [1.807, 2.05) is 0 Å². The number of carbonyl (C=O) groups is 1. The van der Waals surface area contributed by atoms with Gasteiger partial charge >= 0.3 is 5.97 Å². The molecule has 0 unspecified atom stereocenters. The fourth-order valence-electron chi connectivity index (χ4n) is 1.16. The Hall–Kier alpha value is -0.770. The zero-order valence-electron chi connectivity index (χ0n) is 13.5. The Morgan fingerprint density at radius 3 is 1.50 bits per heavy atom. The van der Waals surface area contributed by atoms with Gasteiger partial charge in [-0.2, -0.15) is 4.89 Å². The largest absolute Gasteiger partial charge is 0.382 e. The van der Waals surface area contributed by atoms with E-state index in [-0.39, 0.29) is 13.0 Å². The minimum absolute atomic E-state index is 0.206. The van der Waals surface area contributed by atoms with Crippen molar-refractivity contribution in [2.45, 2.75) is 13.3 Å². The zero-order valence-corrected chi connectivity index (χ0v) is 13.5. The Labute approximate surface area is 131 Å². The third kappa shape index (κ3) is 17.3. The first-order valence-electron chi connectivity index (χ1n) is 7.43. The van der Waals surface area contributed by atoms with Crippen molar-refractivity contribution in [3.8, 4) is 0 Å². The highest BCUT2D eigenvalue weighted by Crippen LogP contribution is 1.87. The van der Waals surface area contributed by atoms with Crippen LogP contribution in [0.25, 0.3) is 0 Å². The van der Waals surface area contributed by atoms with E-state index in [4.69, 9.17) is 23.7 Å². The summed E-state index contributed by atoms with van der Waals surface area (Å²) >= 11 is 0. The smallest absolute Gasteiger partial charge is 0.342 e. The molecule has 8 heteroatoms. The fourth-order valence-corrected chi connectivity index (χ4v) is 1.16. The summed E-state index contributed by atoms with van der Waals surface area (Å²) in [6.07, 6.45) is 0.288. The molecule has 0 aliphatic rings. The van der Waals surface area contributed by atoms with E-state index < -0.39 is 5.97 Å². The maximum atomic E-state index is 10.7. The topological polar surface area (TPSA) is 81.7 Å². The zero-order chi connectivity index (χ0) is 16.3. The first-order chi connectivity index (χ1) is 10.8. The highest BCUT2D eigenvalue weighted by atomic mass is 17.2. The Bertz CT molecular complexity index is 237. The summed E-state index contributed by atoms with van der Waals surface area (Å²) in [4.78, 5) is 19.8. The molecule has 0 aliphatic carbocycles. The lowest BCUT2D eigenvalue weighted by molar-refractivity contribution is -0.276. The molecule has 0 aromatic rings. The Morgan fingerprint density at radius 2 is 1.09 bits per heavy atom. The van der Waals surface area contributed by atoms with Crippen LogP contribution in [0.15, 0.2) is 0 Å². The molecule has 0 amide bonds. The van der Waals surface area contributed by atoms with Crippen molar-refractivity contribution < 1.29 is 38.3 Å². The van der Waals surface area contributed by atoms with Crippen LogP contribution in [0.2, 0.25) is 0 Å². The molecule has 8 nitrogen and oxygen atoms in total. The van der Waals surface area contributed by atoms with Gasteiger partial charge in [-0.3, -0.25) is 4.89 Å². The number of ether oxygens (including phenoxy) is 5. The fraction of sp³-hybridized carbons (Fsp3) is 0.929. The predicted molar refractivity (Wildman–Crippen MR) is 77.5 cm³/mol. The highest BCUT2D eigenvalue weighted by Gasteiger charge is 1.98. The molecule has 0 rings (SSSR count). The average Bonchev–Trinajstić information content (AvgIpc) is 2.54. The lowest BCUT2D eigenvalue weighted by atomic mass is 10.5. The number of methoxy groups -OCH3 is 1. The molecule has 0 fully saturated rings. The lowest BCUT2D eigenvalue weighted by Crippen LogP contribution is -2.14. The summed E-state index contributed by atoms with van der Waals surface area (Å²) in [5, 5.41) is 0. The second-order valence-electron chi connectivity index (χ2n) is 4.07. The van der Waals surface area contributed by atoms with E-state index >= 15 is 0 Å². The van der Waals surface area contributed by atoms with E-state index in [1.165, 1.54) is 0 Å². The van der Waals surface area contributed by atoms with E-state index in [0.717, 1.165) is 0 Å². The van der Waals surface area contributed by atoms with Gasteiger partial charge in [-0.15, -0.1) is 0 Å². The van der Waals surface area contributed by atoms with Crippen LogP contribution in [0.3, 0.4) is 0 Å². The number of carbonyl (C=O) groups excluding carboxylic acids is 1. The number of rotatable bonds is 17. The lowest BCUT2D eigenvalue weighted by Gasteiger charge is -2.07. The van der Waals surface area contributed by atoms with Crippen molar-refractivity contribution in [2.75, 3.05) is 73.2 Å². The van der Waals surface area contributed by atoms with Crippen LogP contribution in [-0.4, -0.2) is 79.1 Å². The first kappa shape index (κ1) is 21.2. The molecule has 0 heterocycles. The SMILES string of the molecule is CCC(=O)OOCCOCCOCCOCCOCCOC. The molecule has 0 saturated heterocycles. The molecule has 0 aromatic carbocycles. The monoisotopic (exact) mass is 324 g/mol. The third-order valence-electron chi connectivity index (χ3n) is 2.30. The van der Waals surface area contributed by atoms with Gasteiger partial charge in [0.15, 0.2) is 0 Å². The number of hydrogen-bond donors (Lipinski definition) is 0. The van der Waals surface area contributed by atoms with Crippen molar-refractivity contribution in [3.05, 3.63) is 0 Å². The second kappa shape index (κ2) is 18.3. The summed E-state index contributed by atoms with van der Waals surface area (Å²) < 4.78 is 25.9. The van der Waals surface area contributed by atoms with Crippen LogP contribution in [0.1, 0.15) is 13.3 Å². The standard InChI is InChI=1S/C14H28O8/c1-3-14(15)22-21-13-12-20-11-10-19-9-8-18-7-6-17-5-4-16-2/h3-13H2,1-2H3. The van der Waals surface area contributed by atoms with Gasteiger partial charge < -0.3 is 23.7 Å². The van der Waals surface area contributed by atoms with Crippen LogP contribution in [0, 0.1) is 0 Å². The van der Waals surface area contributed by atoms with E-state index in [2.05, 4.69) is 9.78 Å². The van der Waals surface area contributed by atoms with Crippen LogP contribution < -0.4 is 0 Å². The Morgan fingerprint density at radius 1 is 0.682 bits per heavy atom. The molecule has 132 valence electrons. The van der Waals surface area contributed by atoms with Crippen LogP contribution >= 0.6 is 0 Å². The van der Waals surface area contributed by atoms with Crippen LogP contribution in [0.5, 0.6) is 0 Å². The molecule has 0 atom stereocenters. The first-order valence-corrected chi connectivity index (χ1v) is 7.43. The van der Waals surface area contributed by atoms with Gasteiger partial charge in [-0.25, -0.2) is 4.79 Å². The summed E-state index contributed by atoms with van der Waals surface area (Å²) in [6, 6.07) is 0. The minimum atomic E-state index is -0.396. The Kier molecular flexibility index (Phi) is 17.6. The molecule has 0 aromatic heterocycles. The molecule has 0 spiro atoms. The molecular weight excluding hydrogens is 296 g/mol. The van der Waals surface area contributed by atoms with E-state index in [9.17, 15) is 4.79 Å². The van der Waals surface area contributed by atoms with Gasteiger partial charge in [0.05, 0.1) is 59.5 Å². The third-order valence-corrected chi connectivity index (χ3v) is 2.30. The van der Waals surface area contributed by atoms with E-state index in [0.29, 0.717) is 59.5 Å². The number of hydrogen-bond acceptors (Lipinski definition) is 8. The molecule has 0 aliphatic heterocycles. The van der Waals surface area contributed by atoms with Crippen molar-refractivity contribution in [2.24, 2.45) is 0 Å². The van der Waals surface area contributed by atoms with Gasteiger partial charge in [0, 0.05) is 13.5 Å². The maximum absolute atomic E-state index is 10.7. The maximum Gasteiger partial charge on any atom is 0.342 e. The molecule has 0 radical (unpaired) electrons. The van der Waals surface area contributed by atoms with Crippen molar-refractivity contribution in [1.29, 1.82) is 0 Å². The van der Waals surface area contributed by atoms with Crippen molar-refractivity contribution in [3.63, 3.8) is 0 Å². The molecular formula is C14H28O8. The normalized spacial score (nSPS) is 10.8. The van der Waals surface area contributed by atoms with Crippen LogP contribution in [0.4, 0.5) is 0 Å². The minimum Gasteiger partial charge on any atom is -0.382 e. The summed E-state index contributed by atoms with van der Waals surface area (Å²) in [5.41, 5.74) is 0. The average molecular weight is 324 g/mol. The molecule has 0 bridgehead atoms. The molecule has 22 heavy (non-hydrogen) atoms. The van der Waals surface area contributed by atoms with Crippen LogP contribution in [-0.2, 0) is 38.3 Å². The van der Waals surface area contributed by atoms with Gasteiger partial charge in [0.25, 0.3) is 0 Å². The van der Waals surface area contributed by atoms with Gasteiger partial charge in [0.2, 0.25) is 0 Å². The highest BCUT2D eigenvalue weighted by molar-refractivity contribution is 5.68. The quantitative estimate of drug-likeness (QED) is 0.218. The van der Waals surface area contributed by atoms with Gasteiger partial charge in [-0.05, 0) is 0 Å². The van der Waals surface area contributed by atoms with Gasteiger partial charge in [0.1, 0.15) is 6.61 Å². The summed E-state index contributed by atoms with van der Waals surface area (Å²) in [6.45, 7) is 6.45. The summed E-state index contributed by atoms with van der Waals surface area (Å²) in [7, 11) is 1.63. The van der Waals surface area contributed by atoms with Crippen molar-refractivity contribution >= 4 is 5.97 Å². The molecule has 0 saturated carbocycles. The predicted octanol–water partition coefficient (Wildman–Crippen LogP) is 0.584. The molecule has 0 N–H and O–H groups in total. The second-order valence-corrected chi connectivity index (χ2v) is 4.07. The van der Waals surface area contributed by atoms with Gasteiger partial charge in [-0.1, -0.05) is 6.92 Å². The summed E-state index contributed by atoms with van der Waals surface area (Å²) in [5.74, 6) is -0.396. The Balaban J connectivity index is 2.98. The van der Waals surface area contributed by atoms with E-state index in [1.54, 1.807) is 14.0 Å².